The van der Waals surface area contributed by atoms with Crippen LogP contribution in [0.1, 0.15) is 38.3 Å². The lowest BCUT2D eigenvalue weighted by Gasteiger charge is -2.32. The minimum absolute atomic E-state index is 0.00175. The highest BCUT2D eigenvalue weighted by Gasteiger charge is 2.33. The number of ether oxygens (including phenoxy) is 1. The molecule has 0 aliphatic carbocycles. The van der Waals surface area contributed by atoms with Crippen molar-refractivity contribution < 1.29 is 22.7 Å². The van der Waals surface area contributed by atoms with Crippen molar-refractivity contribution in [2.45, 2.75) is 57.6 Å². The predicted octanol–water partition coefficient (Wildman–Crippen LogP) is 5.18. The number of halogens is 1. The van der Waals surface area contributed by atoms with Crippen LogP contribution in [-0.2, 0) is 26.2 Å². The van der Waals surface area contributed by atoms with Crippen LogP contribution in [0, 0.1) is 6.92 Å². The molecule has 214 valence electrons. The summed E-state index contributed by atoms with van der Waals surface area (Å²) >= 11 is 6.40. The second-order valence-electron chi connectivity index (χ2n) is 9.63. The fraction of sp³-hybridized carbons (Fsp3) is 0.333. The molecule has 0 radical (unpaired) electrons. The number of hydrogen-bond donors (Lipinski definition) is 1. The van der Waals surface area contributed by atoms with Gasteiger partial charge in [-0.2, -0.15) is 0 Å². The molecule has 2 unspecified atom stereocenters. The molecule has 8 nitrogen and oxygen atoms in total. The lowest BCUT2D eigenvalue weighted by atomic mass is 10.1. The number of benzene rings is 3. The minimum Gasteiger partial charge on any atom is -0.497 e. The van der Waals surface area contributed by atoms with Gasteiger partial charge in [0, 0.05) is 17.6 Å². The summed E-state index contributed by atoms with van der Waals surface area (Å²) in [6.45, 7) is 6.85. The van der Waals surface area contributed by atoms with Crippen molar-refractivity contribution in [1.82, 2.24) is 10.2 Å². The first-order valence-corrected chi connectivity index (χ1v) is 14.9. The Kier molecular flexibility index (Phi) is 10.6. The van der Waals surface area contributed by atoms with E-state index in [1.54, 1.807) is 67.6 Å². The summed E-state index contributed by atoms with van der Waals surface area (Å²) in [5.74, 6) is -0.386. The van der Waals surface area contributed by atoms with Gasteiger partial charge < -0.3 is 15.0 Å². The molecule has 3 aromatic rings. The van der Waals surface area contributed by atoms with Gasteiger partial charge in [-0.3, -0.25) is 13.9 Å². The molecular weight excluding hydrogens is 550 g/mol. The molecular formula is C30H36ClN3O5S. The van der Waals surface area contributed by atoms with Crippen LogP contribution in [0.2, 0.25) is 5.02 Å². The van der Waals surface area contributed by atoms with E-state index in [0.29, 0.717) is 22.0 Å². The van der Waals surface area contributed by atoms with E-state index >= 15 is 0 Å². The molecule has 0 aliphatic rings. The molecule has 0 aliphatic heterocycles. The zero-order valence-electron chi connectivity index (χ0n) is 23.4. The standard InChI is InChI=1S/C30H36ClN3O5S/c1-6-22(3)32-30(36)23(4)33(19-24-9-7-8-10-28(24)31)29(35)20-34(25-13-11-21(2)12-14-25)40(37,38)27-17-15-26(39-5)16-18-27/h7-18,22-23H,6,19-20H2,1-5H3,(H,32,36). The van der Waals surface area contributed by atoms with Crippen molar-refractivity contribution in [3.8, 4) is 5.75 Å². The Hall–Kier alpha value is -3.56. The number of nitrogens with one attached hydrogen (secondary N) is 1. The molecule has 10 heteroatoms. The van der Waals surface area contributed by atoms with E-state index in [2.05, 4.69) is 5.32 Å². The smallest absolute Gasteiger partial charge is 0.264 e. The molecule has 0 fully saturated rings. The first kappa shape index (κ1) is 31.0. The fourth-order valence-corrected chi connectivity index (χ4v) is 5.58. The van der Waals surface area contributed by atoms with Crippen molar-refractivity contribution in [1.29, 1.82) is 0 Å². The number of sulfonamides is 1. The van der Waals surface area contributed by atoms with Crippen LogP contribution < -0.4 is 14.4 Å². The summed E-state index contributed by atoms with van der Waals surface area (Å²) in [6, 6.07) is 18.9. The van der Waals surface area contributed by atoms with Crippen LogP contribution in [0.5, 0.6) is 5.75 Å². The first-order valence-electron chi connectivity index (χ1n) is 13.0. The maximum Gasteiger partial charge on any atom is 0.264 e. The van der Waals surface area contributed by atoms with Gasteiger partial charge >= 0.3 is 0 Å². The number of methoxy groups -OCH3 is 1. The zero-order valence-corrected chi connectivity index (χ0v) is 25.0. The van der Waals surface area contributed by atoms with E-state index in [1.807, 2.05) is 20.8 Å². The molecule has 1 N–H and O–H groups in total. The van der Waals surface area contributed by atoms with Crippen LogP contribution >= 0.6 is 11.6 Å². The SMILES string of the molecule is CCC(C)NC(=O)C(C)N(Cc1ccccc1Cl)C(=O)CN(c1ccc(C)cc1)S(=O)(=O)c1ccc(OC)cc1. The minimum atomic E-state index is -4.17. The fourth-order valence-electron chi connectivity index (χ4n) is 3.97. The van der Waals surface area contributed by atoms with Gasteiger partial charge in [-0.05, 0) is 75.2 Å². The second kappa shape index (κ2) is 13.7. The zero-order chi connectivity index (χ0) is 29.4. The lowest BCUT2D eigenvalue weighted by molar-refractivity contribution is -0.139. The third-order valence-electron chi connectivity index (χ3n) is 6.72. The van der Waals surface area contributed by atoms with Crippen molar-refractivity contribution >= 4 is 39.1 Å². The van der Waals surface area contributed by atoms with Crippen LogP contribution in [0.3, 0.4) is 0 Å². The van der Waals surface area contributed by atoms with Crippen molar-refractivity contribution in [3.05, 3.63) is 88.9 Å². The molecule has 2 atom stereocenters. The molecule has 0 heterocycles. The van der Waals surface area contributed by atoms with Gasteiger partial charge in [-0.1, -0.05) is 54.4 Å². The van der Waals surface area contributed by atoms with Crippen molar-refractivity contribution in [2.75, 3.05) is 18.0 Å². The molecule has 0 aromatic heterocycles. The summed E-state index contributed by atoms with van der Waals surface area (Å²) in [6.07, 6.45) is 0.720. The molecule has 3 aromatic carbocycles. The van der Waals surface area contributed by atoms with Gasteiger partial charge in [0.2, 0.25) is 11.8 Å². The van der Waals surface area contributed by atoms with E-state index in [-0.39, 0.29) is 23.4 Å². The quantitative estimate of drug-likeness (QED) is 0.316. The normalized spacial score (nSPS) is 12.8. The Labute approximate surface area is 241 Å². The summed E-state index contributed by atoms with van der Waals surface area (Å²) in [4.78, 5) is 28.5. The highest BCUT2D eigenvalue weighted by molar-refractivity contribution is 7.92. The monoisotopic (exact) mass is 585 g/mol. The van der Waals surface area contributed by atoms with Gasteiger partial charge in [0.05, 0.1) is 17.7 Å². The van der Waals surface area contributed by atoms with Crippen LogP contribution in [0.4, 0.5) is 5.69 Å². The van der Waals surface area contributed by atoms with Crippen LogP contribution in [-0.4, -0.2) is 50.9 Å². The lowest BCUT2D eigenvalue weighted by Crippen LogP contribution is -2.52. The highest BCUT2D eigenvalue weighted by atomic mass is 35.5. The molecule has 0 bridgehead atoms. The molecule has 3 rings (SSSR count). The van der Waals surface area contributed by atoms with E-state index in [9.17, 15) is 18.0 Å². The van der Waals surface area contributed by atoms with Gasteiger partial charge in [0.25, 0.3) is 10.0 Å². The van der Waals surface area contributed by atoms with E-state index in [1.165, 1.54) is 24.1 Å². The van der Waals surface area contributed by atoms with Crippen LogP contribution in [0.15, 0.2) is 77.7 Å². The topological polar surface area (TPSA) is 96.0 Å². The summed E-state index contributed by atoms with van der Waals surface area (Å²) in [7, 11) is -2.67. The Morgan fingerprint density at radius 1 is 0.975 bits per heavy atom. The van der Waals surface area contributed by atoms with Gasteiger partial charge in [-0.25, -0.2) is 8.42 Å². The maximum atomic E-state index is 14.0. The van der Waals surface area contributed by atoms with Crippen LogP contribution in [0.25, 0.3) is 0 Å². The Morgan fingerprint density at radius 3 is 2.17 bits per heavy atom. The number of rotatable bonds is 12. The summed E-state index contributed by atoms with van der Waals surface area (Å²) in [5, 5.41) is 3.35. The van der Waals surface area contributed by atoms with Crippen molar-refractivity contribution in [2.24, 2.45) is 0 Å². The number of hydrogen-bond acceptors (Lipinski definition) is 5. The third kappa shape index (κ3) is 7.55. The van der Waals surface area contributed by atoms with E-state index in [4.69, 9.17) is 16.3 Å². The van der Waals surface area contributed by atoms with Gasteiger partial charge in [-0.15, -0.1) is 0 Å². The number of amides is 2. The number of nitrogens with zero attached hydrogens (tertiary/aromatic N) is 2. The van der Waals surface area contributed by atoms with Crippen molar-refractivity contribution in [3.63, 3.8) is 0 Å². The highest BCUT2D eigenvalue weighted by Crippen LogP contribution is 2.27. The molecule has 0 saturated carbocycles. The predicted molar refractivity (Wildman–Crippen MR) is 158 cm³/mol. The number of anilines is 1. The second-order valence-corrected chi connectivity index (χ2v) is 11.9. The maximum absolute atomic E-state index is 14.0. The average molecular weight is 586 g/mol. The Bertz CT molecular complexity index is 1410. The molecule has 40 heavy (non-hydrogen) atoms. The summed E-state index contributed by atoms with van der Waals surface area (Å²) in [5.41, 5.74) is 1.90. The molecule has 0 spiro atoms. The van der Waals surface area contributed by atoms with Gasteiger partial charge in [0.15, 0.2) is 0 Å². The molecule has 0 saturated heterocycles. The number of carbonyl (C=O) groups is 2. The number of aryl methyl sites for hydroxylation is 1. The third-order valence-corrected chi connectivity index (χ3v) is 8.87. The number of carbonyl (C=O) groups excluding carboxylic acids is 2. The van der Waals surface area contributed by atoms with Gasteiger partial charge in [0.1, 0.15) is 18.3 Å². The largest absolute Gasteiger partial charge is 0.497 e. The van der Waals surface area contributed by atoms with E-state index < -0.39 is 28.5 Å². The summed E-state index contributed by atoms with van der Waals surface area (Å²) < 4.78 is 34.0. The Balaban J connectivity index is 2.03. The van der Waals surface area contributed by atoms with E-state index in [0.717, 1.165) is 16.3 Å². The average Bonchev–Trinajstić information content (AvgIpc) is 2.95. The first-order chi connectivity index (χ1) is 19.0. The Morgan fingerprint density at radius 2 is 1.60 bits per heavy atom. The molecule has 2 amide bonds.